The highest BCUT2D eigenvalue weighted by atomic mass is 16.5. The van der Waals surface area contributed by atoms with Crippen molar-refractivity contribution in [3.63, 3.8) is 0 Å². The summed E-state index contributed by atoms with van der Waals surface area (Å²) in [6.07, 6.45) is 1.61. The van der Waals surface area contributed by atoms with E-state index in [1.807, 2.05) is 11.9 Å². The fraction of sp³-hybridized carbons (Fsp3) is 0.833. The molecule has 0 aliphatic carbocycles. The molecule has 9 heavy (non-hydrogen) atoms. The van der Waals surface area contributed by atoms with Gasteiger partial charge in [-0.05, 0) is 20.8 Å². The standard InChI is InChI=1S/C6H12N2O/c1-5(2)8-6(3)9-4-7-8/h4-6H,1-3H3. The predicted molar refractivity (Wildman–Crippen MR) is 36.0 cm³/mol. The molecular formula is C6H12N2O. The molecule has 0 radical (unpaired) electrons. The van der Waals surface area contributed by atoms with Crippen LogP contribution in [0.15, 0.2) is 5.10 Å². The van der Waals surface area contributed by atoms with Gasteiger partial charge in [0.2, 0.25) is 0 Å². The monoisotopic (exact) mass is 128 g/mol. The molecule has 0 saturated carbocycles. The zero-order valence-corrected chi connectivity index (χ0v) is 6.03. The van der Waals surface area contributed by atoms with Crippen molar-refractivity contribution in [2.24, 2.45) is 5.10 Å². The normalized spacial score (nSPS) is 25.3. The first-order valence-corrected chi connectivity index (χ1v) is 3.18. The molecule has 0 aromatic heterocycles. The molecule has 0 amide bonds. The second-order valence-electron chi connectivity index (χ2n) is 2.43. The van der Waals surface area contributed by atoms with E-state index in [2.05, 4.69) is 18.9 Å². The zero-order chi connectivity index (χ0) is 6.85. The highest BCUT2D eigenvalue weighted by Crippen LogP contribution is 2.10. The largest absolute Gasteiger partial charge is 0.457 e. The molecule has 3 nitrogen and oxygen atoms in total. The fourth-order valence-electron chi connectivity index (χ4n) is 0.879. The number of hydrogen-bond donors (Lipinski definition) is 0. The van der Waals surface area contributed by atoms with Gasteiger partial charge >= 0.3 is 0 Å². The summed E-state index contributed by atoms with van der Waals surface area (Å²) in [6, 6.07) is 0.429. The Kier molecular flexibility index (Phi) is 1.60. The van der Waals surface area contributed by atoms with Gasteiger partial charge in [0.15, 0.2) is 12.6 Å². The summed E-state index contributed by atoms with van der Waals surface area (Å²) in [5, 5.41) is 5.92. The minimum absolute atomic E-state index is 0.116. The van der Waals surface area contributed by atoms with Gasteiger partial charge in [-0.3, -0.25) is 5.01 Å². The summed E-state index contributed by atoms with van der Waals surface area (Å²) in [5.74, 6) is 0. The molecule has 0 bridgehead atoms. The Bertz CT molecular complexity index is 122. The van der Waals surface area contributed by atoms with E-state index in [1.54, 1.807) is 0 Å². The van der Waals surface area contributed by atoms with E-state index in [-0.39, 0.29) is 6.23 Å². The molecule has 3 heteroatoms. The predicted octanol–water partition coefficient (Wildman–Crippen LogP) is 1.02. The van der Waals surface area contributed by atoms with Crippen molar-refractivity contribution in [3.05, 3.63) is 0 Å². The Morgan fingerprint density at radius 3 is 2.56 bits per heavy atom. The maximum absolute atomic E-state index is 5.06. The van der Waals surface area contributed by atoms with Crippen molar-refractivity contribution in [2.45, 2.75) is 33.0 Å². The lowest BCUT2D eigenvalue weighted by atomic mass is 10.4. The number of hydrogen-bond acceptors (Lipinski definition) is 3. The molecule has 1 unspecified atom stereocenters. The quantitative estimate of drug-likeness (QED) is 0.526. The molecule has 0 aromatic rings. The van der Waals surface area contributed by atoms with E-state index in [9.17, 15) is 0 Å². The molecule has 0 aromatic carbocycles. The van der Waals surface area contributed by atoms with E-state index < -0.39 is 0 Å². The van der Waals surface area contributed by atoms with Crippen molar-refractivity contribution >= 4 is 6.40 Å². The van der Waals surface area contributed by atoms with Crippen molar-refractivity contribution in [1.29, 1.82) is 0 Å². The molecule has 1 atom stereocenters. The number of nitrogens with zero attached hydrogens (tertiary/aromatic N) is 2. The van der Waals surface area contributed by atoms with Crippen molar-refractivity contribution in [1.82, 2.24) is 5.01 Å². The smallest absolute Gasteiger partial charge is 0.195 e. The van der Waals surface area contributed by atoms with Gasteiger partial charge in [0.05, 0.1) is 0 Å². The third kappa shape index (κ3) is 1.15. The first-order chi connectivity index (χ1) is 4.22. The average Bonchev–Trinajstić information content (AvgIpc) is 2.13. The Balaban J connectivity index is 2.49. The lowest BCUT2D eigenvalue weighted by Gasteiger charge is -2.21. The van der Waals surface area contributed by atoms with Crippen LogP contribution in [0.25, 0.3) is 0 Å². The highest BCUT2D eigenvalue weighted by Gasteiger charge is 2.18. The zero-order valence-electron chi connectivity index (χ0n) is 6.03. The fourth-order valence-corrected chi connectivity index (χ4v) is 0.879. The number of ether oxygens (including phenoxy) is 1. The average molecular weight is 128 g/mol. The second kappa shape index (κ2) is 2.25. The van der Waals surface area contributed by atoms with Crippen LogP contribution in [0.2, 0.25) is 0 Å². The Morgan fingerprint density at radius 2 is 2.33 bits per heavy atom. The van der Waals surface area contributed by atoms with Crippen LogP contribution in [0.5, 0.6) is 0 Å². The maximum Gasteiger partial charge on any atom is 0.195 e. The Labute approximate surface area is 55.3 Å². The van der Waals surface area contributed by atoms with Gasteiger partial charge in [0.1, 0.15) is 0 Å². The number of rotatable bonds is 1. The van der Waals surface area contributed by atoms with E-state index in [1.165, 1.54) is 6.40 Å². The van der Waals surface area contributed by atoms with Crippen LogP contribution in [-0.2, 0) is 4.74 Å². The third-order valence-corrected chi connectivity index (χ3v) is 1.34. The second-order valence-corrected chi connectivity index (χ2v) is 2.43. The lowest BCUT2D eigenvalue weighted by Crippen LogP contribution is -2.30. The summed E-state index contributed by atoms with van der Waals surface area (Å²) < 4.78 is 5.06. The lowest BCUT2D eigenvalue weighted by molar-refractivity contribution is 0.0523. The molecule has 52 valence electrons. The summed E-state index contributed by atoms with van der Waals surface area (Å²) in [4.78, 5) is 0. The summed E-state index contributed by atoms with van der Waals surface area (Å²) >= 11 is 0. The van der Waals surface area contributed by atoms with Crippen molar-refractivity contribution in [2.75, 3.05) is 0 Å². The summed E-state index contributed by atoms with van der Waals surface area (Å²) in [6.45, 7) is 6.15. The minimum atomic E-state index is 0.116. The van der Waals surface area contributed by atoms with Crippen LogP contribution in [0.4, 0.5) is 0 Å². The van der Waals surface area contributed by atoms with Crippen molar-refractivity contribution in [3.8, 4) is 0 Å². The van der Waals surface area contributed by atoms with Crippen LogP contribution in [0.3, 0.4) is 0 Å². The van der Waals surface area contributed by atoms with Crippen LogP contribution in [0, 0.1) is 0 Å². The molecule has 1 rings (SSSR count). The van der Waals surface area contributed by atoms with E-state index in [0.29, 0.717) is 6.04 Å². The van der Waals surface area contributed by atoms with Crippen LogP contribution in [0.1, 0.15) is 20.8 Å². The summed E-state index contributed by atoms with van der Waals surface area (Å²) in [7, 11) is 0. The van der Waals surface area contributed by atoms with Gasteiger partial charge in [-0.15, -0.1) is 5.10 Å². The first-order valence-electron chi connectivity index (χ1n) is 3.18. The molecule has 0 spiro atoms. The van der Waals surface area contributed by atoms with Gasteiger partial charge in [0.25, 0.3) is 0 Å². The third-order valence-electron chi connectivity index (χ3n) is 1.34. The molecule has 0 saturated heterocycles. The van der Waals surface area contributed by atoms with Gasteiger partial charge < -0.3 is 4.74 Å². The first kappa shape index (κ1) is 6.39. The van der Waals surface area contributed by atoms with Crippen LogP contribution >= 0.6 is 0 Å². The van der Waals surface area contributed by atoms with Crippen LogP contribution < -0.4 is 0 Å². The topological polar surface area (TPSA) is 24.8 Å². The van der Waals surface area contributed by atoms with E-state index in [4.69, 9.17) is 4.74 Å². The highest BCUT2D eigenvalue weighted by molar-refractivity contribution is 5.47. The molecule has 1 heterocycles. The maximum atomic E-state index is 5.06. The SMILES string of the molecule is CC(C)N1N=COC1C. The van der Waals surface area contributed by atoms with E-state index >= 15 is 0 Å². The minimum Gasteiger partial charge on any atom is -0.457 e. The van der Waals surface area contributed by atoms with Crippen LogP contribution in [-0.4, -0.2) is 23.7 Å². The molecule has 0 fully saturated rings. The summed E-state index contributed by atoms with van der Waals surface area (Å²) in [5.41, 5.74) is 0. The van der Waals surface area contributed by atoms with Crippen molar-refractivity contribution < 1.29 is 4.74 Å². The molecule has 1 aliphatic rings. The molecule has 1 aliphatic heterocycles. The molecular weight excluding hydrogens is 116 g/mol. The Hall–Kier alpha value is -0.730. The van der Waals surface area contributed by atoms with Gasteiger partial charge in [-0.1, -0.05) is 0 Å². The number of hydrazone groups is 1. The molecule has 0 N–H and O–H groups in total. The van der Waals surface area contributed by atoms with Gasteiger partial charge in [-0.2, -0.15) is 0 Å². The van der Waals surface area contributed by atoms with Gasteiger partial charge in [0, 0.05) is 6.04 Å². The Morgan fingerprint density at radius 1 is 1.67 bits per heavy atom. The van der Waals surface area contributed by atoms with Gasteiger partial charge in [-0.25, -0.2) is 0 Å². The van der Waals surface area contributed by atoms with E-state index in [0.717, 1.165) is 0 Å².